The third-order valence-electron chi connectivity index (χ3n) is 8.51. The van der Waals surface area contributed by atoms with Gasteiger partial charge in [0.2, 0.25) is 0 Å². The third-order valence-corrected chi connectivity index (χ3v) is 8.51. The van der Waals surface area contributed by atoms with Gasteiger partial charge in [-0.25, -0.2) is 9.78 Å². The summed E-state index contributed by atoms with van der Waals surface area (Å²) in [4.78, 5) is 34.2. The van der Waals surface area contributed by atoms with Crippen molar-refractivity contribution in [3.05, 3.63) is 65.3 Å². The fourth-order valence-electron chi connectivity index (χ4n) is 6.53. The molecule has 0 radical (unpaired) electrons. The molecule has 39 heavy (non-hydrogen) atoms. The Hall–Kier alpha value is -3.90. The fraction of sp³-hybridized carbons (Fsp3) is 0.467. The number of ether oxygens (including phenoxy) is 1. The minimum Gasteiger partial charge on any atom is -0.453 e. The minimum absolute atomic E-state index is 0.0534. The molecular formula is C30H35N5O4. The second-order valence-corrected chi connectivity index (χ2v) is 12.3. The Kier molecular flexibility index (Phi) is 6.22. The molecule has 204 valence electrons. The van der Waals surface area contributed by atoms with Gasteiger partial charge in [-0.05, 0) is 61.8 Å². The van der Waals surface area contributed by atoms with Crippen LogP contribution in [0.25, 0.3) is 5.57 Å². The van der Waals surface area contributed by atoms with E-state index in [4.69, 9.17) is 10.00 Å². The first kappa shape index (κ1) is 26.7. The molecular weight excluding hydrogens is 494 g/mol. The quantitative estimate of drug-likeness (QED) is 0.463. The van der Waals surface area contributed by atoms with E-state index in [0.717, 1.165) is 36.0 Å². The Morgan fingerprint density at radius 3 is 2.44 bits per heavy atom. The Morgan fingerprint density at radius 2 is 1.87 bits per heavy atom. The van der Waals surface area contributed by atoms with Gasteiger partial charge in [-0.3, -0.25) is 9.69 Å². The molecule has 9 heteroatoms. The van der Waals surface area contributed by atoms with Gasteiger partial charge in [0.25, 0.3) is 5.91 Å². The highest BCUT2D eigenvalue weighted by Crippen LogP contribution is 2.54. The molecule has 2 amide bonds. The van der Waals surface area contributed by atoms with Crippen molar-refractivity contribution in [2.75, 3.05) is 12.4 Å². The number of nitrogens with one attached hydrogen (secondary N) is 2. The van der Waals surface area contributed by atoms with E-state index in [-0.39, 0.29) is 16.9 Å². The number of H-pyrrole nitrogens is 1. The van der Waals surface area contributed by atoms with Crippen LogP contribution in [-0.4, -0.2) is 50.2 Å². The number of allylic oxidation sites excluding steroid dienone is 2. The number of carbonyl (C=O) groups is 2. The molecule has 2 aliphatic heterocycles. The highest BCUT2D eigenvalue weighted by molar-refractivity contribution is 6.03. The van der Waals surface area contributed by atoms with Crippen molar-refractivity contribution >= 4 is 23.3 Å². The summed E-state index contributed by atoms with van der Waals surface area (Å²) >= 11 is 0. The number of hydrogen-bond acceptors (Lipinski definition) is 6. The van der Waals surface area contributed by atoms with Gasteiger partial charge in [0.15, 0.2) is 11.5 Å². The molecule has 1 aromatic carbocycles. The summed E-state index contributed by atoms with van der Waals surface area (Å²) in [5.74, 6) is -0.396. The van der Waals surface area contributed by atoms with E-state index in [2.05, 4.69) is 35.2 Å². The summed E-state index contributed by atoms with van der Waals surface area (Å²) in [5.41, 5.74) is 0.988. The van der Waals surface area contributed by atoms with E-state index in [1.54, 1.807) is 4.90 Å². The molecule has 1 aliphatic carbocycles. The second kappa shape index (κ2) is 9.09. The predicted octanol–water partition coefficient (Wildman–Crippen LogP) is 5.26. The molecule has 2 aromatic rings. The number of hydrogen-bond donors (Lipinski definition) is 3. The van der Waals surface area contributed by atoms with E-state index in [1.165, 1.54) is 13.3 Å². The third kappa shape index (κ3) is 4.63. The molecule has 0 unspecified atom stereocenters. The van der Waals surface area contributed by atoms with E-state index in [0.29, 0.717) is 18.5 Å². The number of piperidine rings is 1. The first-order chi connectivity index (χ1) is 18.3. The normalized spacial score (nSPS) is 28.9. The van der Waals surface area contributed by atoms with Gasteiger partial charge in [0.1, 0.15) is 6.07 Å². The first-order valence-corrected chi connectivity index (χ1v) is 13.2. The van der Waals surface area contributed by atoms with Crippen LogP contribution in [0.1, 0.15) is 87.2 Å². The molecule has 2 bridgehead atoms. The number of imidazole rings is 1. The number of rotatable bonds is 4. The predicted molar refractivity (Wildman–Crippen MR) is 147 cm³/mol. The van der Waals surface area contributed by atoms with Crippen LogP contribution in [0, 0.1) is 16.7 Å². The first-order valence-electron chi connectivity index (χ1n) is 13.2. The minimum atomic E-state index is -1.22. The summed E-state index contributed by atoms with van der Waals surface area (Å²) in [6.45, 7) is 8.36. The maximum absolute atomic E-state index is 13.0. The number of carbonyl (C=O) groups excluding carboxylic acids is 2. The maximum Gasteiger partial charge on any atom is 0.410 e. The number of aliphatic hydroxyl groups is 1. The SMILES string of the molecule is COC(=O)N1[C@@]2(C)C=C[C@]1(C)C[C@@](O)(c1ccc(NC(=O)c3nc(C#N)c[nH]3)c(C3=CCC(C)(C)CC3)c1)C2. The number of aromatic amines is 1. The standard InChI is InChI=1S/C30H35N5O4/c1-27(2)10-8-19(9-11-27)22-14-20(6-7-23(22)34-25(36)24-32-16-21(15-31)33-24)30(38)17-28(3)12-13-29(4,18-30)35(28)26(37)39-5/h6-8,12-14,16,38H,9-11,17-18H2,1-5H3,(H,32,33)(H,34,36)/t28-,29+,30+. The van der Waals surface area contributed by atoms with Crippen LogP contribution in [0.3, 0.4) is 0 Å². The highest BCUT2D eigenvalue weighted by atomic mass is 16.5. The van der Waals surface area contributed by atoms with Crippen LogP contribution in [0.15, 0.2) is 42.6 Å². The van der Waals surface area contributed by atoms with Crippen molar-refractivity contribution < 1.29 is 19.4 Å². The Bertz CT molecular complexity index is 1430. The lowest BCUT2D eigenvalue weighted by Gasteiger charge is -2.53. The summed E-state index contributed by atoms with van der Waals surface area (Å²) in [6.07, 6.45) is 10.5. The number of aromatic nitrogens is 2. The zero-order chi connectivity index (χ0) is 28.2. The molecule has 3 N–H and O–H groups in total. The zero-order valence-corrected chi connectivity index (χ0v) is 23.1. The number of benzene rings is 1. The number of methoxy groups -OCH3 is 1. The number of anilines is 1. The summed E-state index contributed by atoms with van der Waals surface area (Å²) in [6, 6.07) is 7.56. The second-order valence-electron chi connectivity index (χ2n) is 12.3. The summed E-state index contributed by atoms with van der Waals surface area (Å²) in [5, 5.41) is 24.2. The molecule has 5 rings (SSSR count). The topological polar surface area (TPSA) is 131 Å². The van der Waals surface area contributed by atoms with Gasteiger partial charge in [-0.1, -0.05) is 38.1 Å². The van der Waals surface area contributed by atoms with E-state index < -0.39 is 28.7 Å². The van der Waals surface area contributed by atoms with E-state index in [1.807, 2.05) is 50.3 Å². The molecule has 3 atom stereocenters. The zero-order valence-electron chi connectivity index (χ0n) is 23.1. The molecule has 0 saturated carbocycles. The van der Waals surface area contributed by atoms with Crippen LogP contribution in [0.5, 0.6) is 0 Å². The van der Waals surface area contributed by atoms with Crippen molar-refractivity contribution in [3.63, 3.8) is 0 Å². The fourth-order valence-corrected chi connectivity index (χ4v) is 6.53. The van der Waals surface area contributed by atoms with Crippen LogP contribution in [0.2, 0.25) is 0 Å². The van der Waals surface area contributed by atoms with Crippen molar-refractivity contribution in [3.8, 4) is 6.07 Å². The van der Waals surface area contributed by atoms with E-state index in [9.17, 15) is 14.7 Å². The molecule has 3 aliphatic rings. The molecule has 1 saturated heterocycles. The number of amides is 2. The van der Waals surface area contributed by atoms with Gasteiger partial charge < -0.3 is 20.1 Å². The molecule has 1 aromatic heterocycles. The monoisotopic (exact) mass is 529 g/mol. The van der Waals surface area contributed by atoms with Crippen LogP contribution < -0.4 is 5.32 Å². The van der Waals surface area contributed by atoms with Crippen molar-refractivity contribution in [1.82, 2.24) is 14.9 Å². The number of fused-ring (bicyclic) bond motifs is 2. The van der Waals surface area contributed by atoms with Gasteiger partial charge in [0.05, 0.1) is 23.8 Å². The molecule has 0 spiro atoms. The highest BCUT2D eigenvalue weighted by Gasteiger charge is 2.59. The smallest absolute Gasteiger partial charge is 0.410 e. The van der Waals surface area contributed by atoms with Crippen LogP contribution in [0.4, 0.5) is 10.5 Å². The van der Waals surface area contributed by atoms with Crippen molar-refractivity contribution in [1.29, 1.82) is 5.26 Å². The largest absolute Gasteiger partial charge is 0.453 e. The molecule has 1 fully saturated rings. The Balaban J connectivity index is 1.53. The Morgan fingerprint density at radius 1 is 1.18 bits per heavy atom. The lowest BCUT2D eigenvalue weighted by Crippen LogP contribution is -2.63. The van der Waals surface area contributed by atoms with Gasteiger partial charge in [0, 0.05) is 30.3 Å². The average molecular weight is 530 g/mol. The van der Waals surface area contributed by atoms with Gasteiger partial charge in [-0.2, -0.15) is 5.26 Å². The molecule has 9 nitrogen and oxygen atoms in total. The molecule has 3 heterocycles. The van der Waals surface area contributed by atoms with Crippen molar-refractivity contribution in [2.24, 2.45) is 5.41 Å². The lowest BCUT2D eigenvalue weighted by atomic mass is 9.70. The van der Waals surface area contributed by atoms with Crippen LogP contribution >= 0.6 is 0 Å². The number of nitrogens with zero attached hydrogens (tertiary/aromatic N) is 3. The summed E-state index contributed by atoms with van der Waals surface area (Å²) < 4.78 is 5.08. The van der Waals surface area contributed by atoms with Gasteiger partial charge >= 0.3 is 6.09 Å². The van der Waals surface area contributed by atoms with Crippen molar-refractivity contribution in [2.45, 2.75) is 76.5 Å². The number of nitriles is 1. The average Bonchev–Trinajstić information content (AvgIpc) is 3.43. The Labute approximate surface area is 228 Å². The maximum atomic E-state index is 13.0. The lowest BCUT2D eigenvalue weighted by molar-refractivity contribution is -0.0980. The van der Waals surface area contributed by atoms with Crippen LogP contribution in [-0.2, 0) is 10.3 Å². The van der Waals surface area contributed by atoms with Gasteiger partial charge in [-0.15, -0.1) is 0 Å². The summed E-state index contributed by atoms with van der Waals surface area (Å²) in [7, 11) is 1.37. The van der Waals surface area contributed by atoms with E-state index >= 15 is 0 Å².